The normalized spacial score (nSPS) is 20.9. The molecule has 0 radical (unpaired) electrons. The second-order valence-electron chi connectivity index (χ2n) is 6.66. The van der Waals surface area contributed by atoms with Crippen molar-refractivity contribution >= 4 is 15.7 Å². The van der Waals surface area contributed by atoms with E-state index in [0.717, 1.165) is 4.68 Å². The number of nitrogens with one attached hydrogen (secondary N) is 2. The minimum atomic E-state index is -4.70. The number of rotatable bonds is 4. The van der Waals surface area contributed by atoms with Gasteiger partial charge in [0.25, 0.3) is 11.9 Å². The van der Waals surface area contributed by atoms with Gasteiger partial charge in [-0.3, -0.25) is 9.89 Å². The van der Waals surface area contributed by atoms with Crippen LogP contribution in [-0.2, 0) is 16.0 Å². The van der Waals surface area contributed by atoms with E-state index in [4.69, 9.17) is 0 Å². The van der Waals surface area contributed by atoms with Crippen LogP contribution in [0.15, 0.2) is 0 Å². The van der Waals surface area contributed by atoms with Gasteiger partial charge in [0.1, 0.15) is 15.7 Å². The van der Waals surface area contributed by atoms with Crippen molar-refractivity contribution < 1.29 is 26.4 Å². The molecule has 0 aromatic carbocycles. The lowest BCUT2D eigenvalue weighted by molar-refractivity contribution is -0.144. The Bertz CT molecular complexity index is 983. The summed E-state index contributed by atoms with van der Waals surface area (Å²) in [5.41, 5.74) is 0. The summed E-state index contributed by atoms with van der Waals surface area (Å²) in [4.78, 5) is 19.6. The highest BCUT2D eigenvalue weighted by Gasteiger charge is 2.36. The summed E-state index contributed by atoms with van der Waals surface area (Å²) < 4.78 is 62.3. The third-order valence-corrected chi connectivity index (χ3v) is 6.11. The monoisotopic (exact) mass is 421 g/mol. The van der Waals surface area contributed by atoms with Gasteiger partial charge in [-0.25, -0.2) is 13.4 Å². The Morgan fingerprint density at radius 3 is 2.61 bits per heavy atom. The highest BCUT2D eigenvalue weighted by atomic mass is 32.2. The number of hydrogen-bond acceptors (Lipinski definition) is 7. The zero-order valence-electron chi connectivity index (χ0n) is 15.0. The molecule has 2 N–H and O–H groups in total. The molecule has 14 heteroatoms. The van der Waals surface area contributed by atoms with Crippen LogP contribution in [0.25, 0.3) is 5.95 Å². The summed E-state index contributed by atoms with van der Waals surface area (Å²) in [7, 11) is -3.21. The number of aromatic amines is 1. The number of halogens is 3. The first-order valence-corrected chi connectivity index (χ1v) is 10.3. The van der Waals surface area contributed by atoms with Gasteiger partial charge in [-0.1, -0.05) is 6.42 Å². The van der Waals surface area contributed by atoms with Gasteiger partial charge in [-0.2, -0.15) is 22.8 Å². The number of sulfone groups is 1. The molecule has 2 aromatic rings. The molecular weight excluding hydrogens is 403 g/mol. The molecule has 2 unspecified atom stereocenters. The van der Waals surface area contributed by atoms with Crippen molar-refractivity contribution in [2.75, 3.05) is 6.26 Å². The molecule has 2 atom stereocenters. The third kappa shape index (κ3) is 4.31. The molecule has 2 aromatic heterocycles. The summed E-state index contributed by atoms with van der Waals surface area (Å²) in [6.07, 6.45) is -1.42. The Balaban J connectivity index is 1.74. The van der Waals surface area contributed by atoms with Gasteiger partial charge >= 0.3 is 6.18 Å². The van der Waals surface area contributed by atoms with Crippen LogP contribution in [0.2, 0.25) is 0 Å². The van der Waals surface area contributed by atoms with Crippen molar-refractivity contribution in [1.29, 1.82) is 0 Å². The highest BCUT2D eigenvalue weighted by molar-refractivity contribution is 7.91. The molecule has 10 nitrogen and oxygen atoms in total. The second-order valence-corrected chi connectivity index (χ2v) is 8.99. The Labute approximate surface area is 157 Å². The highest BCUT2D eigenvalue weighted by Crippen LogP contribution is 2.26. The number of amides is 1. The van der Waals surface area contributed by atoms with Crippen LogP contribution in [0, 0.1) is 6.92 Å². The molecule has 154 valence electrons. The molecule has 3 rings (SSSR count). The van der Waals surface area contributed by atoms with Crippen LogP contribution in [0.1, 0.15) is 48.0 Å². The van der Waals surface area contributed by atoms with E-state index in [1.807, 2.05) is 0 Å². The van der Waals surface area contributed by atoms with Gasteiger partial charge in [-0.15, -0.1) is 10.2 Å². The first kappa shape index (κ1) is 20.2. The number of nitrogens with zero attached hydrogens (tertiary/aromatic N) is 5. The second kappa shape index (κ2) is 7.14. The van der Waals surface area contributed by atoms with Crippen LogP contribution in [0.5, 0.6) is 0 Å². The zero-order valence-corrected chi connectivity index (χ0v) is 15.8. The lowest BCUT2D eigenvalue weighted by atomic mass is 9.95. The molecule has 0 saturated heterocycles. The summed E-state index contributed by atoms with van der Waals surface area (Å²) in [6, 6.07) is -0.353. The van der Waals surface area contributed by atoms with E-state index in [2.05, 4.69) is 25.5 Å². The number of H-pyrrole nitrogens is 1. The van der Waals surface area contributed by atoms with Gasteiger partial charge in [0.05, 0.1) is 5.25 Å². The van der Waals surface area contributed by atoms with Gasteiger partial charge in [0, 0.05) is 12.3 Å². The molecule has 1 amide bonds. The molecular formula is C14H18F3N7O3S. The maximum atomic E-state index is 12.6. The number of aromatic nitrogens is 6. The maximum absolute atomic E-state index is 12.6. The average molecular weight is 421 g/mol. The van der Waals surface area contributed by atoms with E-state index in [1.165, 1.54) is 13.2 Å². The van der Waals surface area contributed by atoms with Crippen molar-refractivity contribution in [1.82, 2.24) is 35.3 Å². The molecule has 1 fully saturated rings. The van der Waals surface area contributed by atoms with Crippen LogP contribution in [0.4, 0.5) is 13.2 Å². The van der Waals surface area contributed by atoms with E-state index in [1.54, 1.807) is 5.10 Å². The van der Waals surface area contributed by atoms with Gasteiger partial charge in [-0.05, 0) is 26.2 Å². The standard InChI is InChI=1S/C14H18F3N7O3S/c1-7-18-10(23-24(7)13-20-12(21-22-13)14(15,16)17)11(25)19-8-4-3-5-9(6-8)28(2,26)27/h8-9H,3-6H2,1-2H3,(H,19,25)(H,20,21,22). The predicted molar refractivity (Wildman–Crippen MR) is 89.4 cm³/mol. The number of carbonyl (C=O) groups is 1. The van der Waals surface area contributed by atoms with E-state index >= 15 is 0 Å². The van der Waals surface area contributed by atoms with Crippen LogP contribution in [-0.4, -0.2) is 61.8 Å². The van der Waals surface area contributed by atoms with Gasteiger partial charge in [0.2, 0.25) is 11.6 Å². The van der Waals surface area contributed by atoms with Gasteiger partial charge < -0.3 is 5.32 Å². The first-order valence-electron chi connectivity index (χ1n) is 8.38. The van der Waals surface area contributed by atoms with Gasteiger partial charge in [0.15, 0.2) is 0 Å². The minimum absolute atomic E-state index is 0.121. The lowest BCUT2D eigenvalue weighted by Gasteiger charge is -2.28. The molecule has 0 aliphatic heterocycles. The largest absolute Gasteiger partial charge is 0.451 e. The smallest absolute Gasteiger partial charge is 0.346 e. The van der Waals surface area contributed by atoms with E-state index < -0.39 is 38.9 Å². The summed E-state index contributed by atoms with van der Waals surface area (Å²) in [6.45, 7) is 1.44. The number of hydrogen-bond donors (Lipinski definition) is 2. The number of alkyl halides is 3. The Kier molecular flexibility index (Phi) is 5.16. The zero-order chi connectivity index (χ0) is 20.7. The molecule has 1 aliphatic carbocycles. The van der Waals surface area contributed by atoms with Crippen molar-refractivity contribution in [3.05, 3.63) is 17.5 Å². The Hall–Kier alpha value is -2.51. The third-order valence-electron chi connectivity index (χ3n) is 4.47. The van der Waals surface area contributed by atoms with Crippen LogP contribution < -0.4 is 5.32 Å². The quantitative estimate of drug-likeness (QED) is 0.745. The molecule has 1 aliphatic rings. The van der Waals surface area contributed by atoms with E-state index in [9.17, 15) is 26.4 Å². The summed E-state index contributed by atoms with van der Waals surface area (Å²) >= 11 is 0. The molecule has 0 bridgehead atoms. The molecule has 0 spiro atoms. The van der Waals surface area contributed by atoms with Crippen molar-refractivity contribution in [3.8, 4) is 5.95 Å². The Morgan fingerprint density at radius 2 is 2.00 bits per heavy atom. The van der Waals surface area contributed by atoms with E-state index in [0.29, 0.717) is 25.7 Å². The number of aryl methyl sites for hydroxylation is 1. The van der Waals surface area contributed by atoms with Crippen LogP contribution in [0.3, 0.4) is 0 Å². The topological polar surface area (TPSA) is 136 Å². The molecule has 28 heavy (non-hydrogen) atoms. The van der Waals surface area contributed by atoms with Crippen molar-refractivity contribution in [3.63, 3.8) is 0 Å². The fourth-order valence-corrected chi connectivity index (χ4v) is 4.24. The van der Waals surface area contributed by atoms with Crippen molar-refractivity contribution in [2.24, 2.45) is 0 Å². The number of carbonyl (C=O) groups excluding carboxylic acids is 1. The average Bonchev–Trinajstić information content (AvgIpc) is 3.20. The van der Waals surface area contributed by atoms with Crippen LogP contribution >= 0.6 is 0 Å². The van der Waals surface area contributed by atoms with Crippen molar-refractivity contribution in [2.45, 2.75) is 50.1 Å². The SMILES string of the molecule is Cc1nc(C(=O)NC2CCCC(S(C)(=O)=O)C2)nn1-c1n[nH]c(C(F)(F)F)n1. The minimum Gasteiger partial charge on any atom is -0.346 e. The fourth-order valence-electron chi connectivity index (χ4n) is 3.07. The maximum Gasteiger partial charge on any atom is 0.451 e. The van der Waals surface area contributed by atoms with E-state index in [-0.39, 0.29) is 17.7 Å². The summed E-state index contributed by atoms with van der Waals surface area (Å²) in [5, 5.41) is 11.2. The lowest BCUT2D eigenvalue weighted by Crippen LogP contribution is -2.42. The predicted octanol–water partition coefficient (Wildman–Crippen LogP) is 0.798. The fraction of sp³-hybridized carbons (Fsp3) is 0.643. The summed E-state index contributed by atoms with van der Waals surface area (Å²) in [5.74, 6) is -2.48. The molecule has 2 heterocycles. The Morgan fingerprint density at radius 1 is 1.29 bits per heavy atom. The first-order chi connectivity index (χ1) is 12.9. The molecule has 1 saturated carbocycles.